The molecule has 2 N–H and O–H groups in total. The monoisotopic (exact) mass is 126 g/mol. The Hall–Kier alpha value is -0.275. The third kappa shape index (κ3) is 1.02. The van der Waals surface area contributed by atoms with Crippen LogP contribution in [0.1, 0.15) is 6.92 Å². The molecule has 0 bridgehead atoms. The van der Waals surface area contributed by atoms with E-state index in [2.05, 4.69) is 0 Å². The molecule has 0 aromatic heterocycles. The zero-order valence-corrected chi connectivity index (χ0v) is 5.70. The summed E-state index contributed by atoms with van der Waals surface area (Å²) in [6.07, 6.45) is 0.694. The van der Waals surface area contributed by atoms with Gasteiger partial charge in [0.2, 0.25) is 0 Å². The molecule has 3 unspecified atom stereocenters. The van der Waals surface area contributed by atoms with Crippen molar-refractivity contribution in [2.24, 2.45) is 0 Å². The van der Waals surface area contributed by atoms with Gasteiger partial charge in [-0.2, -0.15) is 0 Å². The van der Waals surface area contributed by atoms with Crippen molar-refractivity contribution in [1.29, 1.82) is 0 Å². The number of hydrogen-bond donors (Lipinski definition) is 2. The lowest BCUT2D eigenvalue weighted by molar-refractivity contribution is 0.0560. The van der Waals surface area contributed by atoms with Gasteiger partial charge in [0, 0.05) is 0 Å². The fraction of sp³-hybridized carbons (Fsp3) is 0.667. The second kappa shape index (κ2) is 2.16. The summed E-state index contributed by atoms with van der Waals surface area (Å²) < 4.78 is 0. The fourth-order valence-electron chi connectivity index (χ4n) is 1.17. The van der Waals surface area contributed by atoms with Crippen LogP contribution in [0.15, 0.2) is 11.6 Å². The van der Waals surface area contributed by atoms with E-state index in [4.69, 9.17) is 10.2 Å². The number of hydrogen-bond acceptors (Lipinski definition) is 2. The van der Waals surface area contributed by atoms with Crippen LogP contribution in [0.4, 0.5) is 0 Å². The van der Waals surface area contributed by atoms with Gasteiger partial charge < -0.3 is 10.2 Å². The van der Waals surface area contributed by atoms with E-state index >= 15 is 0 Å². The normalized spacial score (nSPS) is 43.0. The molecule has 0 spiro atoms. The van der Waals surface area contributed by atoms with Gasteiger partial charge in [0.25, 0.3) is 0 Å². The van der Waals surface area contributed by atoms with Gasteiger partial charge in [-0.15, -0.1) is 0 Å². The molecule has 9 heavy (non-hydrogen) atoms. The third-order valence-electron chi connectivity index (χ3n) is 1.85. The Morgan fingerprint density at radius 2 is 2.11 bits per heavy atom. The van der Waals surface area contributed by atoms with E-state index in [9.17, 15) is 0 Å². The van der Waals surface area contributed by atoms with Crippen molar-refractivity contribution in [3.63, 3.8) is 0 Å². The molecule has 0 saturated heterocycles. The Morgan fingerprint density at radius 1 is 1.56 bits per heavy atom. The second-order valence-corrected chi connectivity index (χ2v) is 2.71. The molecular formula is C6H11BO2. The van der Waals surface area contributed by atoms with E-state index in [1.807, 2.05) is 20.8 Å². The quantitative estimate of drug-likeness (QED) is 0.326. The first-order valence-corrected chi connectivity index (χ1v) is 3.17. The number of rotatable bonds is 0. The molecule has 0 amide bonds. The first-order chi connectivity index (χ1) is 4.13. The molecule has 3 heteroatoms. The molecule has 0 saturated carbocycles. The van der Waals surface area contributed by atoms with E-state index in [0.717, 1.165) is 5.57 Å². The maximum Gasteiger partial charge on any atom is 0.113 e. The van der Waals surface area contributed by atoms with Crippen LogP contribution < -0.4 is 0 Å². The summed E-state index contributed by atoms with van der Waals surface area (Å²) in [5.74, 6) is 0.111. The Bertz CT molecular complexity index is 144. The predicted octanol–water partition coefficient (Wildman–Crippen LogP) is -0.910. The molecule has 1 aliphatic rings. The highest BCUT2D eigenvalue weighted by molar-refractivity contribution is 6.13. The molecule has 0 heterocycles. The van der Waals surface area contributed by atoms with Crippen molar-refractivity contribution in [2.45, 2.75) is 24.9 Å². The summed E-state index contributed by atoms with van der Waals surface area (Å²) in [5.41, 5.74) is 0.884. The van der Waals surface area contributed by atoms with Crippen LogP contribution in [-0.4, -0.2) is 30.3 Å². The first kappa shape index (κ1) is 6.84. The maximum atomic E-state index is 9.13. The van der Waals surface area contributed by atoms with E-state index in [-0.39, 0.29) is 5.82 Å². The van der Waals surface area contributed by atoms with Crippen LogP contribution in [0.2, 0.25) is 5.82 Å². The molecule has 0 radical (unpaired) electrons. The smallest absolute Gasteiger partial charge is 0.113 e. The summed E-state index contributed by atoms with van der Waals surface area (Å²) in [6.45, 7) is 1.83. The maximum absolute atomic E-state index is 9.13. The summed E-state index contributed by atoms with van der Waals surface area (Å²) in [5, 5.41) is 18.3. The van der Waals surface area contributed by atoms with Gasteiger partial charge >= 0.3 is 0 Å². The molecule has 3 atom stereocenters. The summed E-state index contributed by atoms with van der Waals surface area (Å²) in [7, 11) is 1.89. The van der Waals surface area contributed by atoms with Gasteiger partial charge in [0.1, 0.15) is 14.0 Å². The SMILES string of the molecule is BC1C=C(C)C(O)C1O. The van der Waals surface area contributed by atoms with Crippen LogP contribution in [0.5, 0.6) is 0 Å². The van der Waals surface area contributed by atoms with Crippen LogP contribution in [0.25, 0.3) is 0 Å². The lowest BCUT2D eigenvalue weighted by Crippen LogP contribution is -2.24. The molecule has 2 nitrogen and oxygen atoms in total. The highest BCUT2D eigenvalue weighted by Gasteiger charge is 2.28. The van der Waals surface area contributed by atoms with Gasteiger partial charge in [-0.3, -0.25) is 0 Å². The Labute approximate surface area is 55.6 Å². The summed E-state index contributed by atoms with van der Waals surface area (Å²) >= 11 is 0. The molecule has 0 fully saturated rings. The second-order valence-electron chi connectivity index (χ2n) is 2.71. The highest BCUT2D eigenvalue weighted by atomic mass is 16.3. The number of aliphatic hydroxyl groups excluding tert-OH is 2. The van der Waals surface area contributed by atoms with Crippen molar-refractivity contribution in [1.82, 2.24) is 0 Å². The van der Waals surface area contributed by atoms with Crippen molar-refractivity contribution in [2.75, 3.05) is 0 Å². The predicted molar refractivity (Wildman–Crippen MR) is 38.1 cm³/mol. The standard InChI is InChI=1S/C6H11BO2/c1-3-2-4(7)6(9)5(3)8/h2,4-6,8-9H,7H2,1H3. The van der Waals surface area contributed by atoms with E-state index in [1.54, 1.807) is 0 Å². The van der Waals surface area contributed by atoms with Gasteiger partial charge in [0.15, 0.2) is 0 Å². The largest absolute Gasteiger partial charge is 0.390 e. The Morgan fingerprint density at radius 3 is 2.22 bits per heavy atom. The van der Waals surface area contributed by atoms with E-state index in [0.29, 0.717) is 0 Å². The zero-order valence-electron chi connectivity index (χ0n) is 5.70. The van der Waals surface area contributed by atoms with Gasteiger partial charge in [-0.25, -0.2) is 0 Å². The topological polar surface area (TPSA) is 40.5 Å². The minimum Gasteiger partial charge on any atom is -0.390 e. The third-order valence-corrected chi connectivity index (χ3v) is 1.85. The average Bonchev–Trinajstić information content (AvgIpc) is 1.98. The Balaban J connectivity index is 2.70. The van der Waals surface area contributed by atoms with Crippen molar-refractivity contribution < 1.29 is 10.2 Å². The number of aliphatic hydroxyl groups is 2. The average molecular weight is 126 g/mol. The molecule has 50 valence electrons. The minimum absolute atomic E-state index is 0.111. The van der Waals surface area contributed by atoms with Crippen LogP contribution in [0, 0.1) is 0 Å². The highest BCUT2D eigenvalue weighted by Crippen LogP contribution is 2.26. The lowest BCUT2D eigenvalue weighted by atomic mass is 9.85. The van der Waals surface area contributed by atoms with Crippen LogP contribution in [-0.2, 0) is 0 Å². The van der Waals surface area contributed by atoms with Crippen molar-refractivity contribution >= 4 is 7.85 Å². The molecule has 0 aromatic carbocycles. The van der Waals surface area contributed by atoms with Crippen LogP contribution in [0.3, 0.4) is 0 Å². The molecule has 0 aromatic rings. The minimum atomic E-state index is -0.625. The van der Waals surface area contributed by atoms with Crippen LogP contribution >= 0.6 is 0 Å². The van der Waals surface area contributed by atoms with Crippen molar-refractivity contribution in [3.8, 4) is 0 Å². The van der Waals surface area contributed by atoms with Gasteiger partial charge in [-0.05, 0) is 18.3 Å². The molecular weight excluding hydrogens is 115 g/mol. The Kier molecular flexibility index (Phi) is 1.64. The zero-order chi connectivity index (χ0) is 7.02. The molecule has 0 aliphatic heterocycles. The molecule has 1 rings (SSSR count). The van der Waals surface area contributed by atoms with Gasteiger partial charge in [-0.1, -0.05) is 6.08 Å². The molecule has 1 aliphatic carbocycles. The van der Waals surface area contributed by atoms with E-state index in [1.165, 1.54) is 0 Å². The summed E-state index contributed by atoms with van der Waals surface area (Å²) in [4.78, 5) is 0. The van der Waals surface area contributed by atoms with Gasteiger partial charge in [0.05, 0.1) is 6.10 Å². The van der Waals surface area contributed by atoms with E-state index < -0.39 is 12.2 Å². The van der Waals surface area contributed by atoms with Crippen molar-refractivity contribution in [3.05, 3.63) is 11.6 Å². The summed E-state index contributed by atoms with van der Waals surface area (Å²) in [6, 6.07) is 0. The lowest BCUT2D eigenvalue weighted by Gasteiger charge is -2.12. The first-order valence-electron chi connectivity index (χ1n) is 3.17. The fourth-order valence-corrected chi connectivity index (χ4v) is 1.17.